The molecule has 0 saturated heterocycles. The van der Waals surface area contributed by atoms with Crippen LogP contribution in [0.1, 0.15) is 39.7 Å². The summed E-state index contributed by atoms with van der Waals surface area (Å²) in [6.45, 7) is 10.3. The summed E-state index contributed by atoms with van der Waals surface area (Å²) in [4.78, 5) is 14.0. The first-order valence-corrected chi connectivity index (χ1v) is 7.31. The van der Waals surface area contributed by atoms with Gasteiger partial charge in [0.1, 0.15) is 5.60 Å². The highest BCUT2D eigenvalue weighted by Crippen LogP contribution is 2.28. The average molecular weight is 328 g/mol. The number of hydrogen-bond donors (Lipinski definition) is 0. The molecule has 106 valence electrons. The molecule has 0 aliphatic rings. The molecule has 0 radical (unpaired) electrons. The van der Waals surface area contributed by atoms with E-state index in [1.165, 1.54) is 0 Å². The summed E-state index contributed by atoms with van der Waals surface area (Å²) < 4.78 is 6.47. The lowest BCUT2D eigenvalue weighted by molar-refractivity contribution is 0.0580. The Morgan fingerprint density at radius 1 is 1.37 bits per heavy atom. The van der Waals surface area contributed by atoms with Gasteiger partial charge in [-0.1, -0.05) is 28.9 Å². The zero-order valence-corrected chi connectivity index (χ0v) is 13.9. The Balaban J connectivity index is 3.07. The summed E-state index contributed by atoms with van der Waals surface area (Å²) in [5, 5.41) is 0. The molecule has 0 unspecified atom stereocenters. The van der Waals surface area contributed by atoms with E-state index in [0.29, 0.717) is 6.54 Å². The maximum Gasteiger partial charge on any atom is 0.414 e. The minimum absolute atomic E-state index is 0.296. The van der Waals surface area contributed by atoms with E-state index >= 15 is 0 Å². The summed E-state index contributed by atoms with van der Waals surface area (Å²) in [7, 11) is 0. The largest absolute Gasteiger partial charge is 0.443 e. The van der Waals surface area contributed by atoms with Gasteiger partial charge in [-0.25, -0.2) is 4.79 Å². The van der Waals surface area contributed by atoms with Gasteiger partial charge in [-0.15, -0.1) is 0 Å². The fourth-order valence-electron chi connectivity index (χ4n) is 1.74. The van der Waals surface area contributed by atoms with Crippen LogP contribution in [0.3, 0.4) is 0 Å². The molecule has 1 aromatic carbocycles. The molecule has 0 bridgehead atoms. The predicted octanol–water partition coefficient (Wildman–Crippen LogP) is 4.91. The Hall–Kier alpha value is -1.03. The minimum atomic E-state index is -0.483. The van der Waals surface area contributed by atoms with Crippen molar-refractivity contribution in [1.82, 2.24) is 0 Å². The highest BCUT2D eigenvalue weighted by molar-refractivity contribution is 9.10. The Morgan fingerprint density at radius 3 is 2.53 bits per heavy atom. The second kappa shape index (κ2) is 6.42. The van der Waals surface area contributed by atoms with Gasteiger partial charge in [-0.3, -0.25) is 4.90 Å². The number of ether oxygens (including phenoxy) is 1. The topological polar surface area (TPSA) is 29.5 Å². The molecule has 0 atom stereocenters. The van der Waals surface area contributed by atoms with Gasteiger partial charge in [0.05, 0.1) is 5.69 Å². The van der Waals surface area contributed by atoms with Crippen LogP contribution in [0.5, 0.6) is 0 Å². The maximum absolute atomic E-state index is 12.3. The lowest BCUT2D eigenvalue weighted by Crippen LogP contribution is -2.37. The van der Waals surface area contributed by atoms with Crippen molar-refractivity contribution in [3.05, 3.63) is 28.2 Å². The van der Waals surface area contributed by atoms with Crippen molar-refractivity contribution in [2.24, 2.45) is 0 Å². The molecule has 3 nitrogen and oxygen atoms in total. The quantitative estimate of drug-likeness (QED) is 0.789. The van der Waals surface area contributed by atoms with Gasteiger partial charge < -0.3 is 4.74 Å². The molecule has 1 aromatic rings. The van der Waals surface area contributed by atoms with E-state index in [-0.39, 0.29) is 6.09 Å². The van der Waals surface area contributed by atoms with E-state index in [0.717, 1.165) is 22.1 Å². The Kier molecular flexibility index (Phi) is 5.41. The van der Waals surface area contributed by atoms with E-state index in [1.54, 1.807) is 4.90 Å². The molecule has 4 heteroatoms. The van der Waals surface area contributed by atoms with Crippen LogP contribution >= 0.6 is 15.9 Å². The van der Waals surface area contributed by atoms with Crippen molar-refractivity contribution in [1.29, 1.82) is 0 Å². The third kappa shape index (κ3) is 4.53. The minimum Gasteiger partial charge on any atom is -0.443 e. The van der Waals surface area contributed by atoms with Gasteiger partial charge in [0.25, 0.3) is 0 Å². The molecule has 0 aliphatic carbocycles. The summed E-state index contributed by atoms with van der Waals surface area (Å²) in [5.41, 5.74) is 1.45. The Labute approximate surface area is 124 Å². The molecular formula is C15H22BrNO2. The van der Waals surface area contributed by atoms with Crippen LogP contribution in [0, 0.1) is 6.92 Å². The number of anilines is 1. The van der Waals surface area contributed by atoms with Gasteiger partial charge in [0, 0.05) is 11.0 Å². The lowest BCUT2D eigenvalue weighted by atomic mass is 10.1. The molecule has 0 spiro atoms. The molecule has 0 fully saturated rings. The number of carbonyl (C=O) groups is 1. The van der Waals surface area contributed by atoms with E-state index in [9.17, 15) is 4.79 Å². The van der Waals surface area contributed by atoms with Crippen molar-refractivity contribution in [2.45, 2.75) is 46.6 Å². The van der Waals surface area contributed by atoms with Crippen LogP contribution in [0.15, 0.2) is 22.7 Å². The molecular weight excluding hydrogens is 306 g/mol. The molecule has 0 aromatic heterocycles. The third-order valence-corrected chi connectivity index (χ3v) is 3.45. The van der Waals surface area contributed by atoms with E-state index in [4.69, 9.17) is 4.74 Å². The van der Waals surface area contributed by atoms with Crippen LogP contribution in [-0.4, -0.2) is 18.2 Å². The smallest absolute Gasteiger partial charge is 0.414 e. The van der Waals surface area contributed by atoms with Crippen molar-refractivity contribution in [2.75, 3.05) is 11.4 Å². The normalized spacial score (nSPS) is 11.3. The zero-order valence-electron chi connectivity index (χ0n) is 12.3. The number of halogens is 1. The summed E-state index contributed by atoms with van der Waals surface area (Å²) in [6, 6.07) is 5.84. The molecule has 19 heavy (non-hydrogen) atoms. The number of nitrogens with zero attached hydrogens (tertiary/aromatic N) is 1. The Bertz CT molecular complexity index is 452. The van der Waals surface area contributed by atoms with Crippen LogP contribution < -0.4 is 4.90 Å². The third-order valence-electron chi connectivity index (χ3n) is 2.59. The maximum atomic E-state index is 12.3. The number of hydrogen-bond acceptors (Lipinski definition) is 2. The zero-order chi connectivity index (χ0) is 14.6. The predicted molar refractivity (Wildman–Crippen MR) is 82.8 cm³/mol. The second-order valence-electron chi connectivity index (χ2n) is 5.52. The lowest BCUT2D eigenvalue weighted by Gasteiger charge is -2.28. The van der Waals surface area contributed by atoms with Crippen LogP contribution in [-0.2, 0) is 4.74 Å². The summed E-state index contributed by atoms with van der Waals surface area (Å²) in [5.74, 6) is 0. The highest BCUT2D eigenvalue weighted by Gasteiger charge is 2.24. The summed E-state index contributed by atoms with van der Waals surface area (Å²) >= 11 is 3.50. The molecule has 0 saturated carbocycles. The van der Waals surface area contributed by atoms with Gasteiger partial charge >= 0.3 is 6.09 Å². The SMILES string of the molecule is CCCN(C(=O)OC(C)(C)C)c1cccc(Br)c1C. The first-order valence-electron chi connectivity index (χ1n) is 6.52. The van der Waals surface area contributed by atoms with E-state index in [2.05, 4.69) is 15.9 Å². The molecule has 1 rings (SSSR count). The van der Waals surface area contributed by atoms with E-state index in [1.807, 2.05) is 52.8 Å². The van der Waals surface area contributed by atoms with Crippen LogP contribution in [0.4, 0.5) is 10.5 Å². The number of rotatable bonds is 3. The molecule has 0 aliphatic heterocycles. The van der Waals surface area contributed by atoms with Gasteiger partial charge in [-0.2, -0.15) is 0 Å². The van der Waals surface area contributed by atoms with Crippen LogP contribution in [0.2, 0.25) is 0 Å². The molecule has 1 amide bonds. The van der Waals surface area contributed by atoms with Gasteiger partial charge in [0.15, 0.2) is 0 Å². The van der Waals surface area contributed by atoms with E-state index < -0.39 is 5.60 Å². The van der Waals surface area contributed by atoms with Crippen molar-refractivity contribution >= 4 is 27.7 Å². The molecule has 0 heterocycles. The van der Waals surface area contributed by atoms with Gasteiger partial charge in [-0.05, 0) is 51.8 Å². The van der Waals surface area contributed by atoms with Crippen LogP contribution in [0.25, 0.3) is 0 Å². The van der Waals surface area contributed by atoms with Crippen molar-refractivity contribution in [3.63, 3.8) is 0 Å². The number of amides is 1. The Morgan fingerprint density at radius 2 is 2.00 bits per heavy atom. The first-order chi connectivity index (χ1) is 8.76. The average Bonchev–Trinajstić information content (AvgIpc) is 2.28. The number of carbonyl (C=O) groups excluding carboxylic acids is 1. The van der Waals surface area contributed by atoms with Crippen molar-refractivity contribution < 1.29 is 9.53 Å². The second-order valence-corrected chi connectivity index (χ2v) is 6.37. The highest BCUT2D eigenvalue weighted by atomic mass is 79.9. The standard InChI is InChI=1S/C15H22BrNO2/c1-6-10-17(14(18)19-15(3,4)5)13-9-7-8-12(16)11(13)2/h7-9H,6,10H2,1-5H3. The fourth-order valence-corrected chi connectivity index (χ4v) is 2.09. The summed E-state index contributed by atoms with van der Waals surface area (Å²) in [6.07, 6.45) is 0.584. The number of benzene rings is 1. The van der Waals surface area contributed by atoms with Gasteiger partial charge in [0.2, 0.25) is 0 Å². The fraction of sp³-hybridized carbons (Fsp3) is 0.533. The van der Waals surface area contributed by atoms with Crippen molar-refractivity contribution in [3.8, 4) is 0 Å². The molecule has 0 N–H and O–H groups in total. The first kappa shape index (κ1) is 16.0. The monoisotopic (exact) mass is 327 g/mol.